The minimum atomic E-state index is -0.934. The third-order valence-electron chi connectivity index (χ3n) is 3.56. The van der Waals surface area contributed by atoms with Crippen molar-refractivity contribution in [3.8, 4) is 0 Å². The smallest absolute Gasteiger partial charge is 0.254 e. The molecule has 0 saturated heterocycles. The molecular weight excluding hydrogens is 394 g/mol. The highest BCUT2D eigenvalue weighted by Gasteiger charge is 2.14. The average Bonchev–Trinajstić information content (AvgIpc) is 2.56. The van der Waals surface area contributed by atoms with E-state index < -0.39 is 17.5 Å². The Balaban J connectivity index is 1.81. The zero-order valence-corrected chi connectivity index (χ0v) is 15.1. The molecule has 0 unspecified atom stereocenters. The van der Waals surface area contributed by atoms with Crippen LogP contribution in [0, 0.1) is 11.6 Å². The Bertz CT molecular complexity index is 766. The van der Waals surface area contributed by atoms with Crippen molar-refractivity contribution in [2.75, 3.05) is 13.6 Å². The zero-order valence-electron chi connectivity index (χ0n) is 13.6. The van der Waals surface area contributed by atoms with Crippen LogP contribution in [0.5, 0.6) is 0 Å². The first-order chi connectivity index (χ1) is 11.9. The molecule has 0 aliphatic heterocycles. The van der Waals surface area contributed by atoms with Crippen molar-refractivity contribution in [3.05, 3.63) is 69.7 Å². The van der Waals surface area contributed by atoms with Crippen LogP contribution in [-0.4, -0.2) is 30.3 Å². The molecule has 7 heteroatoms. The largest absolute Gasteiger partial charge is 0.351 e. The fourth-order valence-electron chi connectivity index (χ4n) is 2.19. The monoisotopic (exact) mass is 410 g/mol. The third kappa shape index (κ3) is 5.63. The predicted molar refractivity (Wildman–Crippen MR) is 93.9 cm³/mol. The number of hydrogen-bond acceptors (Lipinski definition) is 2. The number of halogens is 3. The summed E-state index contributed by atoms with van der Waals surface area (Å²) in [5.74, 6) is -2.52. The summed E-state index contributed by atoms with van der Waals surface area (Å²) in [6.45, 7) is 0.520. The first kappa shape index (κ1) is 19.1. The van der Waals surface area contributed by atoms with Crippen LogP contribution >= 0.6 is 15.9 Å². The normalized spacial score (nSPS) is 10.4. The first-order valence-electron chi connectivity index (χ1n) is 7.58. The lowest BCUT2D eigenvalue weighted by atomic mass is 10.2. The van der Waals surface area contributed by atoms with Crippen LogP contribution in [0.25, 0.3) is 0 Å². The number of carbonyl (C=O) groups excluding carboxylic acids is 2. The second-order valence-electron chi connectivity index (χ2n) is 5.51. The van der Waals surface area contributed by atoms with E-state index in [1.807, 2.05) is 24.3 Å². The standard InChI is InChI=1S/C18H17BrF2N2O2/c1-23(11-12-2-4-13(19)5-3-12)17(24)8-9-22-18(25)15-7-6-14(20)10-16(15)21/h2-7,10H,8-9,11H2,1H3,(H,22,25). The van der Waals surface area contributed by atoms with Gasteiger partial charge in [0, 0.05) is 37.1 Å². The number of carbonyl (C=O) groups is 2. The highest BCUT2D eigenvalue weighted by molar-refractivity contribution is 9.10. The Morgan fingerprint density at radius 3 is 2.44 bits per heavy atom. The lowest BCUT2D eigenvalue weighted by Crippen LogP contribution is -2.32. The van der Waals surface area contributed by atoms with Crippen LogP contribution in [0.1, 0.15) is 22.3 Å². The second kappa shape index (κ2) is 8.71. The zero-order chi connectivity index (χ0) is 18.4. The van der Waals surface area contributed by atoms with Gasteiger partial charge in [0.15, 0.2) is 0 Å². The van der Waals surface area contributed by atoms with Gasteiger partial charge >= 0.3 is 0 Å². The van der Waals surface area contributed by atoms with Crippen LogP contribution in [0.4, 0.5) is 8.78 Å². The van der Waals surface area contributed by atoms with Crippen molar-refractivity contribution < 1.29 is 18.4 Å². The SMILES string of the molecule is CN(Cc1ccc(Br)cc1)C(=O)CCNC(=O)c1ccc(F)cc1F. The van der Waals surface area contributed by atoms with Gasteiger partial charge in [0.25, 0.3) is 5.91 Å². The summed E-state index contributed by atoms with van der Waals surface area (Å²) in [6.07, 6.45) is 0.0849. The van der Waals surface area contributed by atoms with Crippen LogP contribution in [0.2, 0.25) is 0 Å². The van der Waals surface area contributed by atoms with Crippen molar-refractivity contribution in [3.63, 3.8) is 0 Å². The number of benzene rings is 2. The Kier molecular flexibility index (Phi) is 6.64. The van der Waals surface area contributed by atoms with Gasteiger partial charge in [-0.2, -0.15) is 0 Å². The van der Waals surface area contributed by atoms with Crippen LogP contribution in [0.3, 0.4) is 0 Å². The van der Waals surface area contributed by atoms with E-state index in [1.54, 1.807) is 11.9 Å². The Morgan fingerprint density at radius 1 is 1.12 bits per heavy atom. The molecule has 132 valence electrons. The highest BCUT2D eigenvalue weighted by atomic mass is 79.9. The summed E-state index contributed by atoms with van der Waals surface area (Å²) < 4.78 is 27.3. The quantitative estimate of drug-likeness (QED) is 0.791. The van der Waals surface area contributed by atoms with Crippen molar-refractivity contribution in [1.82, 2.24) is 10.2 Å². The van der Waals surface area contributed by atoms with E-state index in [-0.39, 0.29) is 24.4 Å². The molecule has 1 N–H and O–H groups in total. The molecule has 0 atom stereocenters. The summed E-state index contributed by atoms with van der Waals surface area (Å²) in [6, 6.07) is 10.3. The summed E-state index contributed by atoms with van der Waals surface area (Å²) in [7, 11) is 1.67. The van der Waals surface area contributed by atoms with Crippen molar-refractivity contribution in [2.24, 2.45) is 0 Å². The molecule has 0 aliphatic rings. The number of amides is 2. The van der Waals surface area contributed by atoms with Crippen molar-refractivity contribution in [1.29, 1.82) is 0 Å². The fourth-order valence-corrected chi connectivity index (χ4v) is 2.46. The Labute approximate surface area is 153 Å². The maximum atomic E-state index is 13.5. The maximum Gasteiger partial charge on any atom is 0.254 e. The van der Waals surface area contributed by atoms with Gasteiger partial charge in [-0.25, -0.2) is 8.78 Å². The average molecular weight is 411 g/mol. The summed E-state index contributed by atoms with van der Waals surface area (Å²) in [5.41, 5.74) is 0.730. The number of nitrogens with zero attached hydrogens (tertiary/aromatic N) is 1. The first-order valence-corrected chi connectivity index (χ1v) is 8.38. The molecule has 0 fully saturated rings. The van der Waals surface area contributed by atoms with Crippen molar-refractivity contribution >= 4 is 27.7 Å². The number of hydrogen-bond donors (Lipinski definition) is 1. The second-order valence-corrected chi connectivity index (χ2v) is 6.42. The number of nitrogens with one attached hydrogen (secondary N) is 1. The summed E-state index contributed by atoms with van der Waals surface area (Å²) >= 11 is 3.35. The molecule has 2 rings (SSSR count). The number of rotatable bonds is 6. The van der Waals surface area contributed by atoms with Crippen LogP contribution in [-0.2, 0) is 11.3 Å². The maximum absolute atomic E-state index is 13.5. The molecule has 0 heterocycles. The molecular formula is C18H17BrF2N2O2. The molecule has 0 radical (unpaired) electrons. The minimum absolute atomic E-state index is 0.0686. The van der Waals surface area contributed by atoms with E-state index >= 15 is 0 Å². The molecule has 0 aliphatic carbocycles. The van der Waals surface area contributed by atoms with Crippen molar-refractivity contribution in [2.45, 2.75) is 13.0 Å². The molecule has 0 spiro atoms. The van der Waals surface area contributed by atoms with Gasteiger partial charge in [-0.15, -0.1) is 0 Å². The molecule has 2 aromatic rings. The lowest BCUT2D eigenvalue weighted by Gasteiger charge is -2.17. The summed E-state index contributed by atoms with van der Waals surface area (Å²) in [5, 5.41) is 2.46. The third-order valence-corrected chi connectivity index (χ3v) is 4.09. The van der Waals surface area contributed by atoms with Gasteiger partial charge in [0.1, 0.15) is 11.6 Å². The van der Waals surface area contributed by atoms with Gasteiger partial charge < -0.3 is 10.2 Å². The van der Waals surface area contributed by atoms with E-state index in [1.165, 1.54) is 0 Å². The predicted octanol–water partition coefficient (Wildman–Crippen LogP) is 3.51. The van der Waals surface area contributed by atoms with E-state index in [0.29, 0.717) is 12.6 Å². The van der Waals surface area contributed by atoms with Crippen LogP contribution in [0.15, 0.2) is 46.9 Å². The Hall–Kier alpha value is -2.28. The van der Waals surface area contributed by atoms with E-state index in [9.17, 15) is 18.4 Å². The molecule has 2 amide bonds. The van der Waals surface area contributed by atoms with Gasteiger partial charge in [-0.05, 0) is 29.8 Å². The van der Waals surface area contributed by atoms with Gasteiger partial charge in [-0.1, -0.05) is 28.1 Å². The van der Waals surface area contributed by atoms with Gasteiger partial charge in [-0.3, -0.25) is 9.59 Å². The topological polar surface area (TPSA) is 49.4 Å². The molecule has 25 heavy (non-hydrogen) atoms. The van der Waals surface area contributed by atoms with Crippen LogP contribution < -0.4 is 5.32 Å². The molecule has 4 nitrogen and oxygen atoms in total. The summed E-state index contributed by atoms with van der Waals surface area (Å²) in [4.78, 5) is 25.5. The molecule has 0 saturated carbocycles. The van der Waals surface area contributed by atoms with Gasteiger partial charge in [0.2, 0.25) is 5.91 Å². The lowest BCUT2D eigenvalue weighted by molar-refractivity contribution is -0.130. The minimum Gasteiger partial charge on any atom is -0.351 e. The van der Waals surface area contributed by atoms with E-state index in [2.05, 4.69) is 21.2 Å². The van der Waals surface area contributed by atoms with E-state index in [4.69, 9.17) is 0 Å². The fraction of sp³-hybridized carbons (Fsp3) is 0.222. The van der Waals surface area contributed by atoms with Gasteiger partial charge in [0.05, 0.1) is 5.56 Å². The van der Waals surface area contributed by atoms with E-state index in [0.717, 1.165) is 22.2 Å². The molecule has 2 aromatic carbocycles. The molecule has 0 aromatic heterocycles. The highest BCUT2D eigenvalue weighted by Crippen LogP contribution is 2.12. The molecule has 0 bridgehead atoms. The Morgan fingerprint density at radius 2 is 1.80 bits per heavy atom.